The molecule has 1 amide bonds. The Bertz CT molecular complexity index is 1340. The summed E-state index contributed by atoms with van der Waals surface area (Å²) >= 11 is 6.04. The van der Waals surface area contributed by atoms with Crippen molar-refractivity contribution in [1.29, 1.82) is 0 Å². The number of fused-ring (bicyclic) bond motifs is 4. The molecule has 2 aromatic heterocycles. The highest BCUT2D eigenvalue weighted by atomic mass is 35.5. The maximum Gasteiger partial charge on any atom is 0.410 e. The number of anilines is 1. The molecule has 0 N–H and O–H groups in total. The first-order valence-corrected chi connectivity index (χ1v) is 13.8. The van der Waals surface area contributed by atoms with E-state index in [4.69, 9.17) is 26.1 Å². The van der Waals surface area contributed by atoms with Gasteiger partial charge in [0.2, 0.25) is 0 Å². The third-order valence-corrected chi connectivity index (χ3v) is 8.38. The van der Waals surface area contributed by atoms with Crippen LogP contribution in [0.25, 0.3) is 10.9 Å². The first kappa shape index (κ1) is 26.3. The Kier molecular flexibility index (Phi) is 6.26. The van der Waals surface area contributed by atoms with E-state index in [1.165, 1.54) is 6.20 Å². The summed E-state index contributed by atoms with van der Waals surface area (Å²) in [6, 6.07) is 0.00372. The van der Waals surface area contributed by atoms with Gasteiger partial charge in [0.1, 0.15) is 23.5 Å². The van der Waals surface area contributed by atoms with Crippen LogP contribution < -0.4 is 9.64 Å². The number of piperazine rings is 1. The maximum absolute atomic E-state index is 15.2. The van der Waals surface area contributed by atoms with Crippen molar-refractivity contribution < 1.29 is 18.7 Å². The summed E-state index contributed by atoms with van der Waals surface area (Å²) in [6.07, 6.45) is 4.55. The fraction of sp³-hybridized carbons (Fsp3) is 0.571. The molecule has 4 saturated heterocycles. The van der Waals surface area contributed by atoms with Gasteiger partial charge < -0.3 is 14.4 Å². The number of nitrogens with zero attached hydrogens (tertiary/aromatic N) is 6. The third kappa shape index (κ3) is 4.71. The minimum absolute atomic E-state index is 0.0421. The Hall–Kier alpha value is -2.98. The Morgan fingerprint density at radius 3 is 2.41 bits per heavy atom. The SMILES string of the molecule is C=C1CN2CC(=C)CC2(COc2nc(N3C[C@H]4CC[C@@H](C3)N4C(=O)OC(C)(C)C)c3cnc(Cl)c(F)c3n2)C1. The second-order valence-corrected chi connectivity index (χ2v) is 12.7. The molecular formula is C28H34ClFN6O3. The van der Waals surface area contributed by atoms with Gasteiger partial charge in [-0.3, -0.25) is 9.80 Å². The number of ether oxygens (including phenoxy) is 2. The van der Waals surface area contributed by atoms with Gasteiger partial charge in [-0.15, -0.1) is 0 Å². The molecule has 0 unspecified atom stereocenters. The highest BCUT2D eigenvalue weighted by Crippen LogP contribution is 2.43. The van der Waals surface area contributed by atoms with Crippen LogP contribution in [0.5, 0.6) is 6.01 Å². The van der Waals surface area contributed by atoms with E-state index in [0.29, 0.717) is 30.9 Å². The molecule has 2 bridgehead atoms. The van der Waals surface area contributed by atoms with E-state index in [1.807, 2.05) is 25.7 Å². The monoisotopic (exact) mass is 556 g/mol. The van der Waals surface area contributed by atoms with E-state index >= 15 is 4.39 Å². The fourth-order valence-electron chi connectivity index (χ4n) is 6.65. The van der Waals surface area contributed by atoms with Crippen LogP contribution in [0.15, 0.2) is 30.5 Å². The third-order valence-electron chi connectivity index (χ3n) is 8.11. The van der Waals surface area contributed by atoms with Crippen LogP contribution in [0, 0.1) is 5.82 Å². The van der Waals surface area contributed by atoms with E-state index in [0.717, 1.165) is 49.9 Å². The van der Waals surface area contributed by atoms with Crippen LogP contribution in [0.2, 0.25) is 5.15 Å². The van der Waals surface area contributed by atoms with Crippen molar-refractivity contribution in [3.63, 3.8) is 0 Å². The minimum atomic E-state index is -0.707. The van der Waals surface area contributed by atoms with Crippen LogP contribution in [-0.2, 0) is 4.74 Å². The van der Waals surface area contributed by atoms with Crippen LogP contribution >= 0.6 is 11.6 Å². The summed E-state index contributed by atoms with van der Waals surface area (Å²) in [6.45, 7) is 17.0. The molecule has 2 atom stereocenters. The lowest BCUT2D eigenvalue weighted by atomic mass is 9.92. The molecule has 0 radical (unpaired) electrons. The van der Waals surface area contributed by atoms with Crippen molar-refractivity contribution in [2.45, 2.75) is 69.7 Å². The van der Waals surface area contributed by atoms with Gasteiger partial charge in [0.05, 0.1) is 23.0 Å². The predicted molar refractivity (Wildman–Crippen MR) is 147 cm³/mol. The zero-order chi connectivity index (χ0) is 27.7. The summed E-state index contributed by atoms with van der Waals surface area (Å²) < 4.78 is 27.1. The Labute approximate surface area is 232 Å². The van der Waals surface area contributed by atoms with E-state index in [-0.39, 0.29) is 40.4 Å². The molecule has 9 nitrogen and oxygen atoms in total. The highest BCUT2D eigenvalue weighted by molar-refractivity contribution is 6.30. The smallest absolute Gasteiger partial charge is 0.410 e. The van der Waals surface area contributed by atoms with Crippen molar-refractivity contribution in [3.05, 3.63) is 41.5 Å². The quantitative estimate of drug-likeness (QED) is 0.394. The Morgan fingerprint density at radius 1 is 1.15 bits per heavy atom. The lowest BCUT2D eigenvalue weighted by Gasteiger charge is -2.42. The standard InChI is InChI=1S/C28H34ClFN6O3/c1-16-8-28(9-17(2)12-35(28)11-16)15-38-25-32-22-20(10-31-23(29)21(22)30)24(33-25)34-13-18-6-7-19(14-34)36(18)26(37)39-27(3,4)5/h10,18-19H,1-2,6-9,11-15H2,3-5H3/t18-,19+. The molecule has 208 valence electrons. The number of rotatable bonds is 4. The molecule has 2 aromatic rings. The van der Waals surface area contributed by atoms with Gasteiger partial charge in [0.25, 0.3) is 0 Å². The summed E-state index contributed by atoms with van der Waals surface area (Å²) in [5.74, 6) is -0.180. The molecule has 6 rings (SSSR count). The fourth-order valence-corrected chi connectivity index (χ4v) is 6.78. The molecule has 4 fully saturated rings. The predicted octanol–water partition coefficient (Wildman–Crippen LogP) is 4.74. The van der Waals surface area contributed by atoms with E-state index in [1.54, 1.807) is 0 Å². The molecule has 4 aliphatic rings. The first-order chi connectivity index (χ1) is 18.4. The van der Waals surface area contributed by atoms with E-state index < -0.39 is 11.4 Å². The molecule has 0 aromatic carbocycles. The van der Waals surface area contributed by atoms with Gasteiger partial charge in [0, 0.05) is 32.4 Å². The summed E-state index contributed by atoms with van der Waals surface area (Å²) in [7, 11) is 0. The largest absolute Gasteiger partial charge is 0.461 e. The van der Waals surface area contributed by atoms with Crippen LogP contribution in [-0.4, -0.2) is 86.9 Å². The average Bonchev–Trinajstić information content (AvgIpc) is 3.42. The second-order valence-electron chi connectivity index (χ2n) is 12.4. The lowest BCUT2D eigenvalue weighted by molar-refractivity contribution is 0.0122. The number of hydrogen-bond donors (Lipinski definition) is 0. The van der Waals surface area contributed by atoms with Gasteiger partial charge >= 0.3 is 12.1 Å². The number of aromatic nitrogens is 3. The Morgan fingerprint density at radius 2 is 1.79 bits per heavy atom. The van der Waals surface area contributed by atoms with Crippen molar-refractivity contribution in [2.75, 3.05) is 37.7 Å². The van der Waals surface area contributed by atoms with E-state index in [2.05, 4.69) is 32.9 Å². The topological polar surface area (TPSA) is 83.9 Å². The first-order valence-electron chi connectivity index (χ1n) is 13.4. The molecule has 11 heteroatoms. The average molecular weight is 557 g/mol. The zero-order valence-electron chi connectivity index (χ0n) is 22.7. The maximum atomic E-state index is 15.2. The molecule has 4 aliphatic heterocycles. The lowest BCUT2D eigenvalue weighted by Crippen LogP contribution is -2.57. The van der Waals surface area contributed by atoms with Gasteiger partial charge in [-0.1, -0.05) is 35.9 Å². The molecule has 0 aliphatic carbocycles. The van der Waals surface area contributed by atoms with Crippen LogP contribution in [0.4, 0.5) is 15.0 Å². The van der Waals surface area contributed by atoms with Gasteiger partial charge in [-0.25, -0.2) is 14.2 Å². The number of carbonyl (C=O) groups is 1. The normalized spacial score (nSPS) is 24.5. The number of halogens is 2. The van der Waals surface area contributed by atoms with Crippen LogP contribution in [0.1, 0.15) is 46.5 Å². The molecule has 0 saturated carbocycles. The Balaban J connectivity index is 1.30. The number of carbonyl (C=O) groups excluding carboxylic acids is 1. The number of pyridine rings is 1. The number of hydrogen-bond acceptors (Lipinski definition) is 8. The van der Waals surface area contributed by atoms with Gasteiger partial charge in [-0.05, 0) is 46.5 Å². The summed E-state index contributed by atoms with van der Waals surface area (Å²) in [5.41, 5.74) is 1.58. The minimum Gasteiger partial charge on any atom is -0.461 e. The van der Waals surface area contributed by atoms with Gasteiger partial charge in [0.15, 0.2) is 11.0 Å². The highest BCUT2D eigenvalue weighted by Gasteiger charge is 2.48. The summed E-state index contributed by atoms with van der Waals surface area (Å²) in [5, 5.41) is 0.203. The molecule has 6 heterocycles. The van der Waals surface area contributed by atoms with Crippen LogP contribution in [0.3, 0.4) is 0 Å². The zero-order valence-corrected chi connectivity index (χ0v) is 23.4. The van der Waals surface area contributed by atoms with Crippen molar-refractivity contribution >= 4 is 34.4 Å². The van der Waals surface area contributed by atoms with E-state index in [9.17, 15) is 4.79 Å². The molecular weight excluding hydrogens is 523 g/mol. The van der Waals surface area contributed by atoms with Crippen molar-refractivity contribution in [2.24, 2.45) is 0 Å². The molecule has 0 spiro atoms. The number of amides is 1. The summed E-state index contributed by atoms with van der Waals surface area (Å²) in [4.78, 5) is 32.5. The van der Waals surface area contributed by atoms with Crippen molar-refractivity contribution in [1.82, 2.24) is 24.8 Å². The molecule has 39 heavy (non-hydrogen) atoms. The van der Waals surface area contributed by atoms with Gasteiger partial charge in [-0.2, -0.15) is 9.97 Å². The second kappa shape index (κ2) is 9.30. The van der Waals surface area contributed by atoms with Crippen molar-refractivity contribution in [3.8, 4) is 6.01 Å².